The normalized spacial score (nSPS) is 16.1. The average molecular weight is 434 g/mol. The molecule has 2 N–H and O–H groups in total. The Hall–Kier alpha value is -3.12. The summed E-state index contributed by atoms with van der Waals surface area (Å²) in [6.45, 7) is 6.40. The molecule has 2 heterocycles. The number of aromatic nitrogens is 1. The van der Waals surface area contributed by atoms with Crippen LogP contribution in [0.3, 0.4) is 0 Å². The molecule has 1 saturated heterocycles. The summed E-state index contributed by atoms with van der Waals surface area (Å²) in [7, 11) is 1.36. The van der Waals surface area contributed by atoms with Crippen molar-refractivity contribution in [3.8, 4) is 0 Å². The molecule has 0 aliphatic carbocycles. The summed E-state index contributed by atoms with van der Waals surface area (Å²) in [4.78, 5) is 30.1. The Morgan fingerprint density at radius 3 is 2.50 bits per heavy atom. The minimum atomic E-state index is -0.361. The number of para-hydroxylation sites is 1. The average Bonchev–Trinajstić information content (AvgIpc) is 3.17. The van der Waals surface area contributed by atoms with E-state index in [4.69, 9.17) is 4.74 Å². The van der Waals surface area contributed by atoms with E-state index in [0.29, 0.717) is 18.0 Å². The topological polar surface area (TPSA) is 74.4 Å². The summed E-state index contributed by atoms with van der Waals surface area (Å²) in [6, 6.07) is 15.4. The Labute approximate surface area is 188 Å². The van der Waals surface area contributed by atoms with E-state index in [2.05, 4.69) is 46.4 Å². The number of likely N-dealkylation sites (tertiary alicyclic amines) is 1. The number of hydrogen-bond donors (Lipinski definition) is 2. The zero-order valence-corrected chi connectivity index (χ0v) is 19.0. The van der Waals surface area contributed by atoms with Crippen LogP contribution in [0, 0.1) is 6.92 Å². The van der Waals surface area contributed by atoms with Crippen LogP contribution in [0.15, 0.2) is 48.5 Å². The van der Waals surface area contributed by atoms with Gasteiger partial charge in [0.15, 0.2) is 0 Å². The molecule has 168 valence electrons. The third kappa shape index (κ3) is 4.55. The van der Waals surface area contributed by atoms with Gasteiger partial charge in [-0.2, -0.15) is 0 Å². The first-order valence-corrected chi connectivity index (χ1v) is 11.2. The second kappa shape index (κ2) is 9.57. The first-order valence-electron chi connectivity index (χ1n) is 11.2. The summed E-state index contributed by atoms with van der Waals surface area (Å²) >= 11 is 0. The fourth-order valence-electron chi connectivity index (χ4n) is 4.78. The smallest absolute Gasteiger partial charge is 0.337 e. The number of fused-ring (bicyclic) bond motifs is 1. The van der Waals surface area contributed by atoms with Gasteiger partial charge in [0.05, 0.1) is 18.7 Å². The lowest BCUT2D eigenvalue weighted by atomic mass is 9.87. The maximum absolute atomic E-state index is 12.7. The number of carbonyl (C=O) groups excluding carboxylic acids is 2. The van der Waals surface area contributed by atoms with Gasteiger partial charge in [-0.1, -0.05) is 30.3 Å². The molecule has 2 aromatic carbocycles. The monoisotopic (exact) mass is 433 g/mol. The van der Waals surface area contributed by atoms with Crippen molar-refractivity contribution in [2.45, 2.75) is 45.2 Å². The highest BCUT2D eigenvalue weighted by Gasteiger charge is 2.29. The van der Waals surface area contributed by atoms with Crippen LogP contribution in [0.4, 0.5) is 0 Å². The maximum Gasteiger partial charge on any atom is 0.337 e. The molecule has 3 aromatic rings. The fraction of sp³-hybridized carbons (Fsp3) is 0.385. The molecule has 0 spiro atoms. The van der Waals surface area contributed by atoms with Gasteiger partial charge in [-0.25, -0.2) is 4.79 Å². The Morgan fingerprint density at radius 1 is 1.12 bits per heavy atom. The number of amides is 1. The molecule has 0 radical (unpaired) electrons. The van der Waals surface area contributed by atoms with Crippen LogP contribution in [-0.2, 0) is 16.1 Å². The highest BCUT2D eigenvalue weighted by atomic mass is 16.5. The van der Waals surface area contributed by atoms with Gasteiger partial charge in [-0.15, -0.1) is 0 Å². The van der Waals surface area contributed by atoms with Crippen molar-refractivity contribution >= 4 is 22.8 Å². The molecule has 6 nitrogen and oxygen atoms in total. The molecule has 1 amide bonds. The van der Waals surface area contributed by atoms with Gasteiger partial charge in [-0.3, -0.25) is 9.69 Å². The van der Waals surface area contributed by atoms with E-state index in [1.807, 2.05) is 19.1 Å². The maximum atomic E-state index is 12.7. The number of methoxy groups -OCH3 is 1. The van der Waals surface area contributed by atoms with Gasteiger partial charge in [-0.05, 0) is 75.0 Å². The Bertz CT molecular complexity index is 1100. The minimum absolute atomic E-state index is 0.0313. The van der Waals surface area contributed by atoms with Gasteiger partial charge in [0.2, 0.25) is 5.91 Å². The van der Waals surface area contributed by atoms with Crippen molar-refractivity contribution in [2.75, 3.05) is 20.2 Å². The number of carbonyl (C=O) groups is 2. The number of ether oxygens (including phenoxy) is 1. The first-order chi connectivity index (χ1) is 15.5. The van der Waals surface area contributed by atoms with E-state index in [1.165, 1.54) is 29.3 Å². The van der Waals surface area contributed by atoms with Gasteiger partial charge in [0.25, 0.3) is 0 Å². The molecule has 1 unspecified atom stereocenters. The van der Waals surface area contributed by atoms with Crippen molar-refractivity contribution in [3.63, 3.8) is 0 Å². The van der Waals surface area contributed by atoms with Gasteiger partial charge < -0.3 is 15.0 Å². The fourth-order valence-corrected chi connectivity index (χ4v) is 4.78. The molecule has 1 aliphatic heterocycles. The van der Waals surface area contributed by atoms with Crippen molar-refractivity contribution < 1.29 is 14.3 Å². The number of esters is 1. The largest absolute Gasteiger partial charge is 0.465 e. The first kappa shape index (κ1) is 22.1. The van der Waals surface area contributed by atoms with Gasteiger partial charge in [0, 0.05) is 23.1 Å². The molecule has 0 bridgehead atoms. The molecule has 1 atom stereocenters. The SMILES string of the molecule is COC(=O)c1ccc(CNC(=O)C(C)N2CCC(c3c(C)[nH]c4ccccc34)CC2)cc1. The van der Waals surface area contributed by atoms with E-state index in [0.717, 1.165) is 31.5 Å². The van der Waals surface area contributed by atoms with E-state index in [-0.39, 0.29) is 17.9 Å². The minimum Gasteiger partial charge on any atom is -0.465 e. The molecule has 4 rings (SSSR count). The van der Waals surface area contributed by atoms with Crippen LogP contribution < -0.4 is 5.32 Å². The lowest BCUT2D eigenvalue weighted by molar-refractivity contribution is -0.126. The van der Waals surface area contributed by atoms with Crippen LogP contribution in [0.25, 0.3) is 10.9 Å². The van der Waals surface area contributed by atoms with Gasteiger partial charge in [0.1, 0.15) is 0 Å². The van der Waals surface area contributed by atoms with Crippen molar-refractivity contribution in [2.24, 2.45) is 0 Å². The quantitative estimate of drug-likeness (QED) is 0.573. The third-order valence-electron chi connectivity index (χ3n) is 6.65. The molecule has 0 saturated carbocycles. The lowest BCUT2D eigenvalue weighted by Gasteiger charge is -2.35. The van der Waals surface area contributed by atoms with E-state index in [1.54, 1.807) is 12.1 Å². The molecule has 1 aromatic heterocycles. The van der Waals surface area contributed by atoms with Crippen LogP contribution in [0.1, 0.15) is 52.9 Å². The van der Waals surface area contributed by atoms with Crippen molar-refractivity contribution in [1.82, 2.24) is 15.2 Å². The molecular formula is C26H31N3O3. The zero-order chi connectivity index (χ0) is 22.7. The number of nitrogens with zero attached hydrogens (tertiary/aromatic N) is 1. The number of hydrogen-bond acceptors (Lipinski definition) is 4. The summed E-state index contributed by atoms with van der Waals surface area (Å²) in [5.41, 5.74) is 5.35. The molecular weight excluding hydrogens is 402 g/mol. The number of aromatic amines is 1. The third-order valence-corrected chi connectivity index (χ3v) is 6.65. The number of aryl methyl sites for hydroxylation is 1. The number of piperidine rings is 1. The number of H-pyrrole nitrogens is 1. The zero-order valence-electron chi connectivity index (χ0n) is 19.0. The Balaban J connectivity index is 1.31. The number of rotatable bonds is 6. The van der Waals surface area contributed by atoms with Crippen LogP contribution >= 0.6 is 0 Å². The Kier molecular flexibility index (Phi) is 6.61. The van der Waals surface area contributed by atoms with E-state index < -0.39 is 0 Å². The molecule has 32 heavy (non-hydrogen) atoms. The number of benzene rings is 2. The second-order valence-corrected chi connectivity index (χ2v) is 8.60. The summed E-state index contributed by atoms with van der Waals surface area (Å²) < 4.78 is 4.72. The number of nitrogens with one attached hydrogen (secondary N) is 2. The van der Waals surface area contributed by atoms with Crippen LogP contribution in [0.2, 0.25) is 0 Å². The summed E-state index contributed by atoms with van der Waals surface area (Å²) in [6.07, 6.45) is 2.10. The van der Waals surface area contributed by atoms with Crippen molar-refractivity contribution in [3.05, 3.63) is 70.9 Å². The Morgan fingerprint density at radius 2 is 1.81 bits per heavy atom. The highest BCUT2D eigenvalue weighted by Crippen LogP contribution is 2.35. The molecule has 6 heteroatoms. The predicted octanol–water partition coefficient (Wildman–Crippen LogP) is 4.15. The van der Waals surface area contributed by atoms with E-state index >= 15 is 0 Å². The predicted molar refractivity (Wildman–Crippen MR) is 126 cm³/mol. The lowest BCUT2D eigenvalue weighted by Crippen LogP contribution is -2.47. The highest BCUT2D eigenvalue weighted by molar-refractivity contribution is 5.89. The van der Waals surface area contributed by atoms with Crippen LogP contribution in [-0.4, -0.2) is 48.0 Å². The second-order valence-electron chi connectivity index (χ2n) is 8.60. The molecule has 1 aliphatic rings. The van der Waals surface area contributed by atoms with Gasteiger partial charge >= 0.3 is 5.97 Å². The molecule has 1 fully saturated rings. The van der Waals surface area contributed by atoms with Crippen LogP contribution in [0.5, 0.6) is 0 Å². The summed E-state index contributed by atoms with van der Waals surface area (Å²) in [5, 5.41) is 4.36. The standard InChI is InChI=1S/C26H31N3O3/c1-17-24(22-6-4-5-7-23(22)28-17)20-12-14-29(15-13-20)18(2)25(30)27-16-19-8-10-21(11-9-19)26(31)32-3/h4-11,18,20,28H,12-16H2,1-3H3,(H,27,30). The van der Waals surface area contributed by atoms with Crippen molar-refractivity contribution in [1.29, 1.82) is 0 Å². The summed E-state index contributed by atoms with van der Waals surface area (Å²) in [5.74, 6) is 0.190. The van der Waals surface area contributed by atoms with E-state index in [9.17, 15) is 9.59 Å².